The van der Waals surface area contributed by atoms with Gasteiger partial charge in [-0.15, -0.1) is 12.4 Å². The fourth-order valence-corrected chi connectivity index (χ4v) is 3.27. The molecule has 2 rings (SSSR count). The van der Waals surface area contributed by atoms with Crippen LogP contribution in [0.15, 0.2) is 18.2 Å². The number of carbonyl (C=O) groups is 2. The van der Waals surface area contributed by atoms with Crippen molar-refractivity contribution in [1.29, 1.82) is 0 Å². The Balaban J connectivity index is 0.00000312. The Bertz CT molecular complexity index is 593. The van der Waals surface area contributed by atoms with Gasteiger partial charge in [0.15, 0.2) is 0 Å². The highest BCUT2D eigenvalue weighted by atomic mass is 35.5. The van der Waals surface area contributed by atoms with E-state index in [0.29, 0.717) is 28.8 Å². The van der Waals surface area contributed by atoms with Gasteiger partial charge in [-0.05, 0) is 44.0 Å². The van der Waals surface area contributed by atoms with E-state index in [2.05, 4.69) is 10.6 Å². The van der Waals surface area contributed by atoms with Crippen molar-refractivity contribution < 1.29 is 9.59 Å². The lowest BCUT2D eigenvalue weighted by molar-refractivity contribution is -0.138. The highest BCUT2D eigenvalue weighted by Crippen LogP contribution is 2.25. The number of carbonyl (C=O) groups excluding carboxylic acids is 2. The molecule has 0 bridgehead atoms. The smallest absolute Gasteiger partial charge is 0.244 e. The monoisotopic (exact) mass is 407 g/mol. The van der Waals surface area contributed by atoms with E-state index >= 15 is 0 Å². The van der Waals surface area contributed by atoms with Crippen LogP contribution >= 0.6 is 35.6 Å². The van der Waals surface area contributed by atoms with Gasteiger partial charge in [-0.3, -0.25) is 9.59 Å². The molecule has 140 valence electrons. The summed E-state index contributed by atoms with van der Waals surface area (Å²) in [7, 11) is 0. The first kappa shape index (κ1) is 22.0. The van der Waals surface area contributed by atoms with E-state index in [1.165, 1.54) is 0 Å². The number of hydrogen-bond donors (Lipinski definition) is 2. The lowest BCUT2D eigenvalue weighted by Crippen LogP contribution is -2.46. The number of piperidine rings is 1. The Kier molecular flexibility index (Phi) is 9.57. The first-order valence-corrected chi connectivity index (χ1v) is 9.01. The Morgan fingerprint density at radius 2 is 2.12 bits per heavy atom. The Morgan fingerprint density at radius 3 is 2.72 bits per heavy atom. The third-order valence-corrected chi connectivity index (χ3v) is 4.54. The summed E-state index contributed by atoms with van der Waals surface area (Å²) in [4.78, 5) is 26.6. The number of nitrogens with zero attached hydrogens (tertiary/aromatic N) is 1. The third kappa shape index (κ3) is 6.66. The number of hydrogen-bond acceptors (Lipinski definition) is 3. The number of amides is 2. The van der Waals surface area contributed by atoms with Crippen LogP contribution in [0.1, 0.15) is 26.2 Å². The van der Waals surface area contributed by atoms with Gasteiger partial charge >= 0.3 is 0 Å². The quantitative estimate of drug-likeness (QED) is 0.756. The molecule has 0 radical (unpaired) electrons. The molecule has 1 aliphatic rings. The van der Waals surface area contributed by atoms with Gasteiger partial charge in [0.25, 0.3) is 0 Å². The summed E-state index contributed by atoms with van der Waals surface area (Å²) in [6, 6.07) is 4.88. The van der Waals surface area contributed by atoms with Gasteiger partial charge in [0.2, 0.25) is 11.8 Å². The molecule has 2 amide bonds. The molecule has 25 heavy (non-hydrogen) atoms. The average Bonchev–Trinajstić information content (AvgIpc) is 2.57. The third-order valence-electron chi connectivity index (χ3n) is 3.99. The number of rotatable bonds is 6. The van der Waals surface area contributed by atoms with Crippen LogP contribution in [0, 0.1) is 5.92 Å². The van der Waals surface area contributed by atoms with E-state index in [4.69, 9.17) is 23.2 Å². The van der Waals surface area contributed by atoms with Crippen LogP contribution in [0.3, 0.4) is 0 Å². The second-order valence-electron chi connectivity index (χ2n) is 5.98. The van der Waals surface area contributed by atoms with E-state index in [1.807, 2.05) is 6.92 Å². The van der Waals surface area contributed by atoms with Crippen LogP contribution in [0.4, 0.5) is 5.69 Å². The van der Waals surface area contributed by atoms with Gasteiger partial charge in [0.05, 0.1) is 23.2 Å². The van der Waals surface area contributed by atoms with Crippen LogP contribution in [-0.4, -0.2) is 42.9 Å². The average molecular weight is 409 g/mol. The van der Waals surface area contributed by atoms with Crippen molar-refractivity contribution in [1.82, 2.24) is 10.2 Å². The second-order valence-corrected chi connectivity index (χ2v) is 6.82. The Labute approximate surface area is 164 Å². The summed E-state index contributed by atoms with van der Waals surface area (Å²) in [5.74, 6) is -0.261. The number of benzene rings is 1. The maximum atomic E-state index is 12.7. The highest BCUT2D eigenvalue weighted by molar-refractivity contribution is 6.36. The van der Waals surface area contributed by atoms with Gasteiger partial charge in [-0.2, -0.15) is 0 Å². The predicted octanol–water partition coefficient (Wildman–Crippen LogP) is 3.59. The molecule has 0 aromatic heterocycles. The molecule has 1 saturated heterocycles. The summed E-state index contributed by atoms with van der Waals surface area (Å²) in [5.41, 5.74) is 0.495. The minimum Gasteiger partial charge on any atom is -0.333 e. The molecule has 1 unspecified atom stereocenters. The normalized spacial score (nSPS) is 16.7. The van der Waals surface area contributed by atoms with Crippen LogP contribution in [0.25, 0.3) is 0 Å². The number of halogens is 3. The molecule has 0 saturated carbocycles. The molecule has 0 spiro atoms. The first-order valence-electron chi connectivity index (χ1n) is 8.25. The Hall–Kier alpha value is -1.01. The van der Waals surface area contributed by atoms with Crippen molar-refractivity contribution in [3.8, 4) is 0 Å². The maximum Gasteiger partial charge on any atom is 0.244 e. The molecule has 1 aromatic rings. The van der Waals surface area contributed by atoms with Gasteiger partial charge in [0, 0.05) is 18.1 Å². The van der Waals surface area contributed by atoms with Gasteiger partial charge in [0.1, 0.15) is 0 Å². The van der Waals surface area contributed by atoms with Crippen LogP contribution < -0.4 is 10.6 Å². The summed E-state index contributed by atoms with van der Waals surface area (Å²) in [6.45, 7) is 4.23. The summed E-state index contributed by atoms with van der Waals surface area (Å²) < 4.78 is 0. The Morgan fingerprint density at radius 1 is 1.36 bits per heavy atom. The SMILES string of the molecule is CCCN(CC(=O)Nc1ccc(Cl)cc1Cl)C(=O)C1CCCNC1.Cl. The number of anilines is 1. The van der Waals surface area contributed by atoms with Gasteiger partial charge in [-0.25, -0.2) is 0 Å². The largest absolute Gasteiger partial charge is 0.333 e. The van der Waals surface area contributed by atoms with Crippen molar-refractivity contribution in [2.75, 3.05) is 31.5 Å². The van der Waals surface area contributed by atoms with Gasteiger partial charge in [-0.1, -0.05) is 30.1 Å². The zero-order chi connectivity index (χ0) is 17.5. The van der Waals surface area contributed by atoms with E-state index in [0.717, 1.165) is 25.8 Å². The summed E-state index contributed by atoms with van der Waals surface area (Å²) >= 11 is 11.9. The van der Waals surface area contributed by atoms with E-state index in [9.17, 15) is 9.59 Å². The van der Waals surface area contributed by atoms with Gasteiger partial charge < -0.3 is 15.5 Å². The first-order chi connectivity index (χ1) is 11.5. The zero-order valence-electron chi connectivity index (χ0n) is 14.2. The molecule has 2 N–H and O–H groups in total. The lowest BCUT2D eigenvalue weighted by Gasteiger charge is -2.29. The number of nitrogens with one attached hydrogen (secondary N) is 2. The van der Waals surface area contributed by atoms with Crippen molar-refractivity contribution in [3.63, 3.8) is 0 Å². The lowest BCUT2D eigenvalue weighted by atomic mass is 9.98. The van der Waals surface area contributed by atoms with E-state index in [1.54, 1.807) is 23.1 Å². The molecule has 1 aliphatic heterocycles. The fraction of sp³-hybridized carbons (Fsp3) is 0.529. The van der Waals surface area contributed by atoms with Crippen LogP contribution in [-0.2, 0) is 9.59 Å². The molecular weight excluding hydrogens is 385 g/mol. The standard InChI is InChI=1S/C17H23Cl2N3O2.ClH/c1-2-8-22(17(24)12-4-3-7-20-10-12)11-16(23)21-15-6-5-13(18)9-14(15)19;/h5-6,9,12,20H,2-4,7-8,10-11H2,1H3,(H,21,23);1H. The van der Waals surface area contributed by atoms with Crippen molar-refractivity contribution in [3.05, 3.63) is 28.2 Å². The van der Waals surface area contributed by atoms with Crippen molar-refractivity contribution >= 4 is 53.1 Å². The van der Waals surface area contributed by atoms with Crippen molar-refractivity contribution in [2.24, 2.45) is 5.92 Å². The fourth-order valence-electron chi connectivity index (χ4n) is 2.81. The molecule has 1 atom stereocenters. The molecular formula is C17H24Cl3N3O2. The second kappa shape index (κ2) is 10.9. The van der Waals surface area contributed by atoms with E-state index < -0.39 is 0 Å². The van der Waals surface area contributed by atoms with E-state index in [-0.39, 0.29) is 36.7 Å². The van der Waals surface area contributed by atoms with Crippen molar-refractivity contribution in [2.45, 2.75) is 26.2 Å². The minimum atomic E-state index is -0.259. The molecule has 8 heteroatoms. The minimum absolute atomic E-state index is 0. The molecule has 0 aliphatic carbocycles. The van der Waals surface area contributed by atoms with Crippen LogP contribution in [0.5, 0.6) is 0 Å². The summed E-state index contributed by atoms with van der Waals surface area (Å²) in [5, 5.41) is 6.87. The molecule has 1 aromatic carbocycles. The summed E-state index contributed by atoms with van der Waals surface area (Å²) in [6.07, 6.45) is 2.67. The maximum absolute atomic E-state index is 12.7. The molecule has 5 nitrogen and oxygen atoms in total. The van der Waals surface area contributed by atoms with Crippen LogP contribution in [0.2, 0.25) is 10.0 Å². The topological polar surface area (TPSA) is 61.4 Å². The molecule has 1 heterocycles. The molecule has 1 fully saturated rings. The predicted molar refractivity (Wildman–Crippen MR) is 105 cm³/mol. The highest BCUT2D eigenvalue weighted by Gasteiger charge is 2.26. The zero-order valence-corrected chi connectivity index (χ0v) is 16.5.